The van der Waals surface area contributed by atoms with Crippen LogP contribution in [0.4, 0.5) is 26.3 Å². The highest BCUT2D eigenvalue weighted by Gasteiger charge is 2.56. The van der Waals surface area contributed by atoms with Gasteiger partial charge >= 0.3 is 12.1 Å². The predicted octanol–water partition coefficient (Wildman–Crippen LogP) is 4.96. The molecule has 2 aromatic rings. The Morgan fingerprint density at radius 3 is 2.27 bits per heavy atom. The molecular weight excluding hydrogens is 474 g/mol. The first-order valence-electron chi connectivity index (χ1n) is 9.54. The van der Waals surface area contributed by atoms with Crippen LogP contribution in [0.3, 0.4) is 0 Å². The van der Waals surface area contributed by atoms with Gasteiger partial charge in [-0.3, -0.25) is 4.79 Å². The van der Waals surface area contributed by atoms with Crippen LogP contribution in [0.15, 0.2) is 30.3 Å². The summed E-state index contributed by atoms with van der Waals surface area (Å²) in [6.07, 6.45) is -4.58. The van der Waals surface area contributed by atoms with Gasteiger partial charge in [0.05, 0.1) is 11.6 Å². The van der Waals surface area contributed by atoms with E-state index in [1.165, 1.54) is 6.92 Å². The number of carbonyl (C=O) groups is 2. The highest BCUT2D eigenvalue weighted by molar-refractivity contribution is 7.92. The molecule has 0 aromatic heterocycles. The molecule has 2 aromatic carbocycles. The van der Waals surface area contributed by atoms with Gasteiger partial charge < -0.3 is 9.50 Å². The van der Waals surface area contributed by atoms with Gasteiger partial charge in [-0.2, -0.15) is 13.2 Å². The van der Waals surface area contributed by atoms with Crippen LogP contribution in [0.2, 0.25) is 0 Å². The Morgan fingerprint density at radius 1 is 1.15 bits per heavy atom. The Hall–Kier alpha value is -2.73. The van der Waals surface area contributed by atoms with E-state index in [9.17, 15) is 35.9 Å². The number of carbonyl (C=O) groups excluding carboxylic acids is 2. The van der Waals surface area contributed by atoms with Crippen molar-refractivity contribution in [3.8, 4) is 0 Å². The number of amides is 1. The van der Waals surface area contributed by atoms with E-state index in [1.807, 2.05) is 0 Å². The standard InChI is InChI=1S/C21H18F6N2O3S/c1-9(10-5-15(23)17(16(24)6-10)19(31)32-33-28)29-18(30)13-8-20(13,2)11-3-4-12(14(22)7-11)21(25,26)27/h3-7,9,13H,8,28H2,1-2H3,(H,29,30)/t9-,13-,20-/m1/s1. The van der Waals surface area contributed by atoms with Crippen molar-refractivity contribution in [3.63, 3.8) is 0 Å². The zero-order valence-electron chi connectivity index (χ0n) is 17.2. The van der Waals surface area contributed by atoms with Gasteiger partial charge in [-0.05, 0) is 48.7 Å². The third kappa shape index (κ3) is 4.96. The van der Waals surface area contributed by atoms with Gasteiger partial charge in [0.15, 0.2) is 0 Å². The average Bonchev–Trinajstić information content (AvgIpc) is 3.39. The highest BCUT2D eigenvalue weighted by Crippen LogP contribution is 2.54. The molecule has 1 aliphatic rings. The van der Waals surface area contributed by atoms with E-state index < -0.39 is 64.0 Å². The van der Waals surface area contributed by atoms with Crippen LogP contribution in [-0.2, 0) is 20.6 Å². The van der Waals surface area contributed by atoms with E-state index in [0.29, 0.717) is 6.07 Å². The minimum atomic E-state index is -4.83. The Kier molecular flexibility index (Phi) is 6.72. The van der Waals surface area contributed by atoms with Gasteiger partial charge in [-0.15, -0.1) is 0 Å². The molecule has 0 unspecified atom stereocenters. The SMILES string of the molecule is C[C@@H](NC(=O)[C@H]1C[C@]1(C)c1ccc(C(F)(F)F)c(F)c1)c1cc(F)c(C(=O)OSN)c(F)c1. The van der Waals surface area contributed by atoms with E-state index in [4.69, 9.17) is 5.14 Å². The zero-order chi connectivity index (χ0) is 24.7. The topological polar surface area (TPSA) is 81.4 Å². The van der Waals surface area contributed by atoms with Gasteiger partial charge in [0.1, 0.15) is 35.2 Å². The zero-order valence-corrected chi connectivity index (χ0v) is 18.0. The number of alkyl halides is 3. The van der Waals surface area contributed by atoms with E-state index in [1.54, 1.807) is 6.92 Å². The number of halogens is 6. The molecule has 0 saturated heterocycles. The molecule has 3 rings (SSSR count). The van der Waals surface area contributed by atoms with Crippen LogP contribution in [0, 0.1) is 23.4 Å². The van der Waals surface area contributed by atoms with Crippen molar-refractivity contribution in [2.24, 2.45) is 11.1 Å². The normalized spacial score (nSPS) is 20.8. The van der Waals surface area contributed by atoms with E-state index in [-0.39, 0.29) is 29.8 Å². The summed E-state index contributed by atoms with van der Waals surface area (Å²) in [5.41, 5.74) is -2.96. The fourth-order valence-electron chi connectivity index (χ4n) is 3.69. The summed E-state index contributed by atoms with van der Waals surface area (Å²) in [5, 5.41) is 7.52. The van der Waals surface area contributed by atoms with E-state index in [0.717, 1.165) is 24.3 Å². The molecule has 3 atom stereocenters. The van der Waals surface area contributed by atoms with Crippen molar-refractivity contribution in [1.29, 1.82) is 0 Å². The van der Waals surface area contributed by atoms with Crippen LogP contribution in [-0.4, -0.2) is 11.9 Å². The Labute approximate surface area is 189 Å². The molecule has 0 spiro atoms. The highest BCUT2D eigenvalue weighted by atomic mass is 32.2. The summed E-state index contributed by atoms with van der Waals surface area (Å²) in [6.45, 7) is 3.07. The first-order chi connectivity index (χ1) is 15.3. The Bertz CT molecular complexity index is 1090. The van der Waals surface area contributed by atoms with Crippen molar-refractivity contribution in [3.05, 3.63) is 70.0 Å². The lowest BCUT2D eigenvalue weighted by atomic mass is 9.93. The van der Waals surface area contributed by atoms with Gasteiger partial charge in [0, 0.05) is 11.3 Å². The largest absolute Gasteiger partial charge is 0.419 e. The second-order valence-corrected chi connectivity index (χ2v) is 8.28. The smallest absolute Gasteiger partial charge is 0.371 e. The monoisotopic (exact) mass is 492 g/mol. The number of hydrogen-bond acceptors (Lipinski definition) is 5. The molecule has 0 aliphatic heterocycles. The van der Waals surface area contributed by atoms with Crippen molar-refractivity contribution < 1.29 is 40.1 Å². The van der Waals surface area contributed by atoms with Gasteiger partial charge in [0.25, 0.3) is 0 Å². The maximum atomic E-state index is 14.2. The van der Waals surface area contributed by atoms with Crippen LogP contribution in [0.1, 0.15) is 53.4 Å². The van der Waals surface area contributed by atoms with Crippen molar-refractivity contribution in [2.75, 3.05) is 0 Å². The number of hydrogen-bond donors (Lipinski definition) is 2. The predicted molar refractivity (Wildman–Crippen MR) is 107 cm³/mol. The van der Waals surface area contributed by atoms with Crippen LogP contribution < -0.4 is 10.5 Å². The molecule has 178 valence electrons. The maximum absolute atomic E-state index is 14.2. The third-order valence-corrected chi connectivity index (χ3v) is 5.99. The molecule has 0 radical (unpaired) electrons. The maximum Gasteiger partial charge on any atom is 0.419 e. The minimum Gasteiger partial charge on any atom is -0.371 e. The van der Waals surface area contributed by atoms with Crippen molar-refractivity contribution in [2.45, 2.75) is 37.9 Å². The molecule has 1 saturated carbocycles. The average molecular weight is 492 g/mol. The molecule has 33 heavy (non-hydrogen) atoms. The van der Waals surface area contributed by atoms with E-state index in [2.05, 4.69) is 9.50 Å². The lowest BCUT2D eigenvalue weighted by molar-refractivity contribution is -0.140. The summed E-state index contributed by atoms with van der Waals surface area (Å²) < 4.78 is 85.1. The van der Waals surface area contributed by atoms with Gasteiger partial charge in [-0.1, -0.05) is 13.0 Å². The Balaban J connectivity index is 1.73. The summed E-state index contributed by atoms with van der Waals surface area (Å²) in [4.78, 5) is 24.2. The van der Waals surface area contributed by atoms with Crippen LogP contribution in [0.25, 0.3) is 0 Å². The quantitative estimate of drug-likeness (QED) is 0.339. The second kappa shape index (κ2) is 8.90. The second-order valence-electron chi connectivity index (χ2n) is 7.92. The van der Waals surface area contributed by atoms with Crippen molar-refractivity contribution >= 4 is 24.1 Å². The molecule has 0 heterocycles. The first-order valence-corrected chi connectivity index (χ1v) is 10.3. The lowest BCUT2D eigenvalue weighted by Crippen LogP contribution is -2.30. The molecule has 3 N–H and O–H groups in total. The fourth-order valence-corrected chi connectivity index (χ4v) is 3.86. The molecule has 0 bridgehead atoms. The lowest BCUT2D eigenvalue weighted by Gasteiger charge is -2.18. The summed E-state index contributed by atoms with van der Waals surface area (Å²) >= 11 is 0.133. The van der Waals surface area contributed by atoms with Crippen molar-refractivity contribution in [1.82, 2.24) is 5.32 Å². The minimum absolute atomic E-state index is 0.0261. The molecule has 1 fully saturated rings. The summed E-state index contributed by atoms with van der Waals surface area (Å²) in [7, 11) is 0. The van der Waals surface area contributed by atoms with Crippen LogP contribution >= 0.6 is 12.2 Å². The summed E-state index contributed by atoms with van der Waals surface area (Å²) in [6, 6.07) is 3.39. The first kappa shape index (κ1) is 24.9. The number of benzene rings is 2. The summed E-state index contributed by atoms with van der Waals surface area (Å²) in [5.74, 6) is -6.35. The number of nitrogens with one attached hydrogen (secondary N) is 1. The van der Waals surface area contributed by atoms with Gasteiger partial charge in [0.2, 0.25) is 5.91 Å². The molecular formula is C21H18F6N2O3S. The number of nitrogens with two attached hydrogens (primary N) is 1. The molecule has 1 amide bonds. The number of rotatable bonds is 6. The van der Waals surface area contributed by atoms with Gasteiger partial charge in [-0.25, -0.2) is 23.1 Å². The molecule has 5 nitrogen and oxygen atoms in total. The molecule has 1 aliphatic carbocycles. The fraction of sp³-hybridized carbons (Fsp3) is 0.333. The Morgan fingerprint density at radius 2 is 1.76 bits per heavy atom. The third-order valence-electron chi connectivity index (χ3n) is 5.74. The van der Waals surface area contributed by atoms with Crippen LogP contribution in [0.5, 0.6) is 0 Å². The van der Waals surface area contributed by atoms with E-state index >= 15 is 0 Å². The molecule has 12 heteroatoms.